The molecule has 4 heteroatoms. The van der Waals surface area contributed by atoms with E-state index in [0.717, 1.165) is 0 Å². The van der Waals surface area contributed by atoms with Gasteiger partial charge in [0.15, 0.2) is 0 Å². The third kappa shape index (κ3) is 19.6. The quantitative estimate of drug-likeness (QED) is 0.246. The summed E-state index contributed by atoms with van der Waals surface area (Å²) in [4.78, 5) is 0. The first-order chi connectivity index (χ1) is 2.27. The van der Waals surface area contributed by atoms with E-state index < -0.39 is 0 Å². The van der Waals surface area contributed by atoms with Crippen molar-refractivity contribution < 1.29 is 38.1 Å². The Kier molecular flexibility index (Phi) is 22.4. The van der Waals surface area contributed by atoms with Gasteiger partial charge in [0.05, 0.1) is 0 Å². The van der Waals surface area contributed by atoms with Gasteiger partial charge in [-0.25, -0.2) is 0 Å². The monoisotopic (exact) mass is 194 g/mol. The molecule has 0 atom stereocenters. The Morgan fingerprint density at radius 2 is 1.86 bits per heavy atom. The van der Waals surface area contributed by atoms with Crippen molar-refractivity contribution in [3.8, 4) is 0 Å². The summed E-state index contributed by atoms with van der Waals surface area (Å²) in [5.41, 5.74) is 6.44. The van der Waals surface area contributed by atoms with Crippen molar-refractivity contribution in [3.63, 3.8) is 0 Å². The number of amidine groups is 1. The van der Waals surface area contributed by atoms with Crippen LogP contribution in [0, 0.1) is 7.43 Å². The zero-order valence-electron chi connectivity index (χ0n) is 4.31. The summed E-state index contributed by atoms with van der Waals surface area (Å²) in [6, 6.07) is 0. The molecule has 0 unspecified atom stereocenters. The molecule has 0 aliphatic heterocycles. The summed E-state index contributed by atoms with van der Waals surface area (Å²) in [5, 5.41) is 4.80. The van der Waals surface area contributed by atoms with E-state index in [1.54, 1.807) is 0 Å². The molecule has 0 aromatic heterocycles. The van der Waals surface area contributed by atoms with Crippen LogP contribution in [0.1, 0.15) is 0 Å². The van der Waals surface area contributed by atoms with E-state index in [9.17, 15) is 0 Å². The van der Waals surface area contributed by atoms with Gasteiger partial charge in [-0.1, -0.05) is 0 Å². The molecule has 0 bridgehead atoms. The fourth-order valence-electron chi connectivity index (χ4n) is 0. The van der Waals surface area contributed by atoms with E-state index in [0.29, 0.717) is 5.75 Å². The Bertz CT molecular complexity index is 48.2. The van der Waals surface area contributed by atoms with Crippen LogP contribution < -0.4 is 5.41 Å². The second kappa shape index (κ2) is 10.0. The first-order valence-corrected chi connectivity index (χ1v) is 1.84. The molecule has 1 radical (unpaired) electrons. The third-order valence-electron chi connectivity index (χ3n) is 0.170. The zero-order valence-corrected chi connectivity index (χ0v) is 8.04. The van der Waals surface area contributed by atoms with Gasteiger partial charge in [0, 0.05) is 38.5 Å². The summed E-state index contributed by atoms with van der Waals surface area (Å²) in [7, 11) is 0. The summed E-state index contributed by atoms with van der Waals surface area (Å²) in [6.07, 6.45) is 0. The molecule has 0 amide bonds. The van der Waals surface area contributed by atoms with E-state index in [2.05, 4.69) is 12.6 Å². The van der Waals surface area contributed by atoms with Crippen LogP contribution in [0.5, 0.6) is 0 Å². The van der Waals surface area contributed by atoms with Crippen LogP contribution in [0.15, 0.2) is 0 Å². The second-order valence-electron chi connectivity index (χ2n) is 0.683. The van der Waals surface area contributed by atoms with Gasteiger partial charge in [-0.2, -0.15) is 12.6 Å². The minimum absolute atomic E-state index is 0. The van der Waals surface area contributed by atoms with Gasteiger partial charge in [-0.3, -0.25) is 5.73 Å². The molecule has 0 aliphatic rings. The number of rotatable bonds is 1. The molecule has 41 valence electrons. The van der Waals surface area contributed by atoms with Gasteiger partial charge < -0.3 is 12.8 Å². The van der Waals surface area contributed by atoms with Crippen LogP contribution in [-0.4, -0.2) is 11.6 Å². The van der Waals surface area contributed by atoms with E-state index in [4.69, 9.17) is 11.1 Å². The first kappa shape index (κ1) is 15.7. The summed E-state index contributed by atoms with van der Waals surface area (Å²) in [6.45, 7) is 0. The standard InChI is InChI=1S/C2H6N2S.CH3.Y/c3-2(4)1-5;;/h5H,1H2,(H3,3,4);1H3;/q;-1;. The van der Waals surface area contributed by atoms with Crippen LogP contribution in [0.2, 0.25) is 0 Å². The van der Waals surface area contributed by atoms with Crippen LogP contribution in [0.3, 0.4) is 0 Å². The van der Waals surface area contributed by atoms with Crippen molar-refractivity contribution in [1.82, 2.24) is 0 Å². The average Bonchev–Trinajstić information content (AvgIpc) is 1.38. The van der Waals surface area contributed by atoms with Crippen molar-refractivity contribution in [3.05, 3.63) is 13.2 Å². The molecule has 0 aliphatic carbocycles. The van der Waals surface area contributed by atoms with Crippen LogP contribution in [-0.2, 0) is 32.7 Å². The molecule has 0 saturated heterocycles. The van der Waals surface area contributed by atoms with Gasteiger partial charge in [0.25, 0.3) is 0 Å². The number of thiol groups is 1. The minimum Gasteiger partial charge on any atom is -0.387 e. The number of hydrogen-bond acceptors (Lipinski definition) is 1. The van der Waals surface area contributed by atoms with Crippen molar-refractivity contribution in [2.24, 2.45) is 0 Å². The Morgan fingerprint density at radius 3 is 1.86 bits per heavy atom. The normalized spacial score (nSPS) is 5.29. The number of hydrogen-bond donors (Lipinski definition) is 2. The summed E-state index contributed by atoms with van der Waals surface area (Å²) >= 11 is 3.67. The first-order valence-electron chi connectivity index (χ1n) is 1.21. The molecule has 0 spiro atoms. The predicted octanol–water partition coefficient (Wildman–Crippen LogP) is -0.426. The third-order valence-corrected chi connectivity index (χ3v) is 0.511. The fraction of sp³-hybridized carbons (Fsp3) is 0.333. The average molecular weight is 194 g/mol. The second-order valence-corrected chi connectivity index (χ2v) is 1.000. The van der Waals surface area contributed by atoms with E-state index in [1.807, 2.05) is 0 Å². The van der Waals surface area contributed by atoms with E-state index >= 15 is 0 Å². The molecule has 0 aromatic carbocycles. The zero-order chi connectivity index (χ0) is 4.28. The largest absolute Gasteiger partial charge is 0.387 e. The van der Waals surface area contributed by atoms with Crippen molar-refractivity contribution in [1.29, 1.82) is 0 Å². The Morgan fingerprint density at radius 1 is 1.71 bits per heavy atom. The van der Waals surface area contributed by atoms with E-state index in [-0.39, 0.29) is 46.0 Å². The Labute approximate surface area is 75.0 Å². The number of nitrogens with one attached hydrogen (secondary N) is 1. The van der Waals surface area contributed by atoms with E-state index in [1.165, 1.54) is 0 Å². The summed E-state index contributed by atoms with van der Waals surface area (Å²) in [5.74, 6) is 0.480. The molecule has 2 nitrogen and oxygen atoms in total. The Balaban J connectivity index is -0.0000000800. The molecule has 0 rings (SSSR count). The molecule has 0 heterocycles. The molecule has 0 saturated carbocycles. The minimum atomic E-state index is 0. The molecule has 7 heavy (non-hydrogen) atoms. The van der Waals surface area contributed by atoms with Gasteiger partial charge >= 0.3 is 0 Å². The fourth-order valence-corrected chi connectivity index (χ4v) is 0. The predicted molar refractivity (Wildman–Crippen MR) is 31.5 cm³/mol. The molecule has 0 aromatic rings. The maximum atomic E-state index is 6.44. The van der Waals surface area contributed by atoms with Gasteiger partial charge in [-0.15, -0.1) is 0 Å². The van der Waals surface area contributed by atoms with Gasteiger partial charge in [0.2, 0.25) is 0 Å². The molecule has 3 N–H and O–H groups in total. The smallest absolute Gasteiger partial charge is 0.100 e. The van der Waals surface area contributed by atoms with Crippen LogP contribution in [0.4, 0.5) is 0 Å². The van der Waals surface area contributed by atoms with Gasteiger partial charge in [0.1, 0.15) is 5.84 Å². The summed E-state index contributed by atoms with van der Waals surface area (Å²) < 4.78 is 0. The van der Waals surface area contributed by atoms with Crippen molar-refractivity contribution in [2.75, 3.05) is 5.75 Å². The maximum absolute atomic E-state index is 6.44. The Hall–Kier alpha value is 0.924. The molecular weight excluding hydrogens is 185 g/mol. The number of nitrogens with two attached hydrogens (primary N) is 1. The maximum Gasteiger partial charge on any atom is 0.100 e. The van der Waals surface area contributed by atoms with Crippen LogP contribution in [0.25, 0.3) is 5.73 Å². The SMILES string of the molecule is [CH3-].[NH-]C(=[NH2+])CS.[Y]. The topological polar surface area (TPSA) is 49.4 Å². The van der Waals surface area contributed by atoms with Crippen molar-refractivity contribution in [2.45, 2.75) is 0 Å². The van der Waals surface area contributed by atoms with Gasteiger partial charge in [-0.05, 0) is 0 Å². The van der Waals surface area contributed by atoms with Crippen LogP contribution >= 0.6 is 12.6 Å². The molecular formula is C3H9N2SY-. The van der Waals surface area contributed by atoms with Crippen molar-refractivity contribution >= 4 is 18.5 Å². The molecule has 0 fully saturated rings.